The van der Waals surface area contributed by atoms with Crippen LogP contribution in [0.4, 0.5) is 13.2 Å². The molecule has 0 atom stereocenters. The number of alkyl halides is 3. The van der Waals surface area contributed by atoms with Gasteiger partial charge in [-0.1, -0.05) is 18.2 Å². The highest BCUT2D eigenvalue weighted by Crippen LogP contribution is 2.28. The minimum absolute atomic E-state index is 0.0849. The smallest absolute Gasteiger partial charge is 0.384 e. The first-order valence-corrected chi connectivity index (χ1v) is 5.39. The minimum atomic E-state index is -4.39. The van der Waals surface area contributed by atoms with E-state index >= 15 is 0 Å². The van der Waals surface area contributed by atoms with Crippen LogP contribution in [-0.2, 0) is 12.7 Å². The van der Waals surface area contributed by atoms with Gasteiger partial charge >= 0.3 is 6.18 Å². The predicted octanol–water partition coefficient (Wildman–Crippen LogP) is 2.23. The zero-order valence-corrected chi connectivity index (χ0v) is 9.78. The van der Waals surface area contributed by atoms with Crippen molar-refractivity contribution in [3.63, 3.8) is 0 Å². The number of hydrogen-bond donors (Lipinski definition) is 2. The zero-order valence-electron chi connectivity index (χ0n) is 9.78. The van der Waals surface area contributed by atoms with E-state index in [4.69, 9.17) is 11.1 Å². The summed E-state index contributed by atoms with van der Waals surface area (Å²) in [4.78, 5) is 0. The molecule has 1 heterocycles. The van der Waals surface area contributed by atoms with Crippen LogP contribution < -0.4 is 5.73 Å². The Morgan fingerprint density at radius 3 is 2.68 bits per heavy atom. The van der Waals surface area contributed by atoms with Gasteiger partial charge in [0.05, 0.1) is 18.3 Å². The van der Waals surface area contributed by atoms with Crippen molar-refractivity contribution >= 4 is 5.84 Å². The van der Waals surface area contributed by atoms with Crippen LogP contribution in [0.25, 0.3) is 0 Å². The number of benzene rings is 1. The second-order valence-electron chi connectivity index (χ2n) is 4.04. The van der Waals surface area contributed by atoms with Crippen molar-refractivity contribution in [2.45, 2.75) is 12.7 Å². The summed E-state index contributed by atoms with van der Waals surface area (Å²) in [5.74, 6) is -0.0849. The summed E-state index contributed by atoms with van der Waals surface area (Å²) >= 11 is 0. The molecule has 0 aliphatic carbocycles. The molecule has 0 amide bonds. The van der Waals surface area contributed by atoms with Gasteiger partial charge in [0.1, 0.15) is 5.84 Å². The lowest BCUT2D eigenvalue weighted by atomic mass is 10.1. The molecular weight excluding hydrogens is 257 g/mol. The molecule has 0 radical (unpaired) electrons. The van der Waals surface area contributed by atoms with Crippen LogP contribution in [0.5, 0.6) is 0 Å². The molecule has 0 aliphatic rings. The zero-order chi connectivity index (χ0) is 14.0. The number of hydrogen-bond acceptors (Lipinski definition) is 2. The molecule has 100 valence electrons. The summed E-state index contributed by atoms with van der Waals surface area (Å²) in [7, 11) is 0. The molecule has 1 aromatic carbocycles. The normalized spacial score (nSPS) is 11.5. The molecule has 2 rings (SSSR count). The molecule has 0 saturated heterocycles. The summed E-state index contributed by atoms with van der Waals surface area (Å²) in [5.41, 5.74) is 5.82. The van der Waals surface area contributed by atoms with Gasteiger partial charge < -0.3 is 5.73 Å². The van der Waals surface area contributed by atoms with Crippen LogP contribution in [-0.4, -0.2) is 15.6 Å². The number of nitrogens with zero attached hydrogens (tertiary/aromatic N) is 2. The average Bonchev–Trinajstić information content (AvgIpc) is 2.77. The molecule has 0 unspecified atom stereocenters. The Morgan fingerprint density at radius 2 is 2.11 bits per heavy atom. The SMILES string of the molecule is N=C(N)c1cccc(Cn2cc(C(F)(F)F)cn2)c1. The maximum Gasteiger partial charge on any atom is 0.419 e. The van der Waals surface area contributed by atoms with Crippen LogP contribution in [0, 0.1) is 5.41 Å². The maximum atomic E-state index is 12.4. The van der Waals surface area contributed by atoms with E-state index in [9.17, 15) is 13.2 Å². The average molecular weight is 268 g/mol. The number of nitrogens with two attached hydrogens (primary N) is 1. The van der Waals surface area contributed by atoms with Crippen LogP contribution in [0.3, 0.4) is 0 Å². The quantitative estimate of drug-likeness (QED) is 0.662. The molecule has 0 saturated carbocycles. The molecule has 0 spiro atoms. The largest absolute Gasteiger partial charge is 0.419 e. The molecular formula is C12H11F3N4. The number of amidine groups is 1. The number of rotatable bonds is 3. The standard InChI is InChI=1S/C12H11F3N4/c13-12(14,15)10-5-18-19(7-10)6-8-2-1-3-9(4-8)11(16)17/h1-5,7H,6H2,(H3,16,17). The monoisotopic (exact) mass is 268 g/mol. The van der Waals surface area contributed by atoms with E-state index in [0.29, 0.717) is 5.56 Å². The maximum absolute atomic E-state index is 12.4. The van der Waals surface area contributed by atoms with Crippen molar-refractivity contribution in [1.82, 2.24) is 9.78 Å². The molecule has 3 N–H and O–H groups in total. The summed E-state index contributed by atoms with van der Waals surface area (Å²) in [6, 6.07) is 6.74. The van der Waals surface area contributed by atoms with Gasteiger partial charge in [-0.05, 0) is 11.6 Å². The van der Waals surface area contributed by atoms with Gasteiger partial charge in [0.25, 0.3) is 0 Å². The fraction of sp³-hybridized carbons (Fsp3) is 0.167. The fourth-order valence-corrected chi connectivity index (χ4v) is 1.62. The van der Waals surface area contributed by atoms with Crippen LogP contribution in [0.1, 0.15) is 16.7 Å². The van der Waals surface area contributed by atoms with Crippen molar-refractivity contribution in [3.05, 3.63) is 53.3 Å². The van der Waals surface area contributed by atoms with Crippen molar-refractivity contribution in [2.75, 3.05) is 0 Å². The summed E-state index contributed by atoms with van der Waals surface area (Å²) in [5, 5.41) is 11.0. The number of nitrogen functional groups attached to an aromatic ring is 1. The van der Waals surface area contributed by atoms with Gasteiger partial charge in [0, 0.05) is 11.8 Å². The Morgan fingerprint density at radius 1 is 1.37 bits per heavy atom. The fourth-order valence-electron chi connectivity index (χ4n) is 1.62. The molecule has 0 bridgehead atoms. The summed E-state index contributed by atoms with van der Waals surface area (Å²) < 4.78 is 38.4. The minimum Gasteiger partial charge on any atom is -0.384 e. The van der Waals surface area contributed by atoms with E-state index in [-0.39, 0.29) is 12.4 Å². The van der Waals surface area contributed by atoms with Crippen LogP contribution in [0.2, 0.25) is 0 Å². The van der Waals surface area contributed by atoms with Crippen LogP contribution in [0.15, 0.2) is 36.7 Å². The molecule has 0 fully saturated rings. The topological polar surface area (TPSA) is 67.7 Å². The van der Waals surface area contributed by atoms with Gasteiger partial charge in [0.15, 0.2) is 0 Å². The van der Waals surface area contributed by atoms with E-state index in [0.717, 1.165) is 18.0 Å². The van der Waals surface area contributed by atoms with Crippen molar-refractivity contribution in [1.29, 1.82) is 5.41 Å². The summed E-state index contributed by atoms with van der Waals surface area (Å²) in [6.45, 7) is 0.192. The lowest BCUT2D eigenvalue weighted by Crippen LogP contribution is -2.11. The Bertz CT molecular complexity index is 601. The Balaban J connectivity index is 2.19. The molecule has 0 aliphatic heterocycles. The van der Waals surface area contributed by atoms with Crippen LogP contribution >= 0.6 is 0 Å². The highest BCUT2D eigenvalue weighted by molar-refractivity contribution is 5.95. The van der Waals surface area contributed by atoms with Gasteiger partial charge in [-0.2, -0.15) is 18.3 Å². The third kappa shape index (κ3) is 3.12. The third-order valence-corrected chi connectivity index (χ3v) is 2.54. The second-order valence-corrected chi connectivity index (χ2v) is 4.04. The van der Waals surface area contributed by atoms with Gasteiger partial charge in [-0.25, -0.2) is 0 Å². The van der Waals surface area contributed by atoms with Gasteiger partial charge in [0.2, 0.25) is 0 Å². The van der Waals surface area contributed by atoms with Crippen molar-refractivity contribution < 1.29 is 13.2 Å². The molecule has 2 aromatic rings. The Labute approximate surface area is 107 Å². The lowest BCUT2D eigenvalue weighted by molar-refractivity contribution is -0.137. The molecule has 7 heteroatoms. The first kappa shape index (κ1) is 13.1. The highest BCUT2D eigenvalue weighted by Gasteiger charge is 2.32. The Kier molecular flexibility index (Phi) is 3.28. The lowest BCUT2D eigenvalue weighted by Gasteiger charge is -2.05. The van der Waals surface area contributed by atoms with E-state index in [1.54, 1.807) is 24.3 Å². The van der Waals surface area contributed by atoms with E-state index in [1.165, 1.54) is 4.68 Å². The van der Waals surface area contributed by atoms with Gasteiger partial charge in [-0.15, -0.1) is 0 Å². The van der Waals surface area contributed by atoms with Crippen molar-refractivity contribution in [3.8, 4) is 0 Å². The van der Waals surface area contributed by atoms with Crippen molar-refractivity contribution in [2.24, 2.45) is 5.73 Å². The highest BCUT2D eigenvalue weighted by atomic mass is 19.4. The first-order valence-electron chi connectivity index (χ1n) is 5.39. The summed E-state index contributed by atoms with van der Waals surface area (Å²) in [6.07, 6.45) is -2.66. The first-order chi connectivity index (χ1) is 8.86. The number of halogens is 3. The number of nitrogens with one attached hydrogen (secondary N) is 1. The van der Waals surface area contributed by atoms with E-state index in [2.05, 4.69) is 5.10 Å². The Hall–Kier alpha value is -2.31. The van der Waals surface area contributed by atoms with E-state index in [1.807, 2.05) is 0 Å². The van der Waals surface area contributed by atoms with E-state index < -0.39 is 11.7 Å². The molecule has 4 nitrogen and oxygen atoms in total. The predicted molar refractivity (Wildman–Crippen MR) is 63.8 cm³/mol. The molecule has 1 aromatic heterocycles. The number of aromatic nitrogens is 2. The molecule has 19 heavy (non-hydrogen) atoms. The van der Waals surface area contributed by atoms with Gasteiger partial charge in [-0.3, -0.25) is 10.1 Å². The third-order valence-electron chi connectivity index (χ3n) is 2.54. The second kappa shape index (κ2) is 4.75.